The zero-order valence-electron chi connectivity index (χ0n) is 7.58. The smallest absolute Gasteiger partial charge is 0.340 e. The van der Waals surface area contributed by atoms with Gasteiger partial charge < -0.3 is 9.15 Å². The van der Waals surface area contributed by atoms with Crippen LogP contribution < -0.4 is 0 Å². The van der Waals surface area contributed by atoms with Gasteiger partial charge in [-0.05, 0) is 6.07 Å². The van der Waals surface area contributed by atoms with Crippen LogP contribution in [0.5, 0.6) is 0 Å². The minimum absolute atomic E-state index is 0.144. The van der Waals surface area contributed by atoms with Crippen LogP contribution in [0.1, 0.15) is 10.4 Å². The lowest BCUT2D eigenvalue weighted by Crippen LogP contribution is -2.04. The first kappa shape index (κ1) is 10.3. The van der Waals surface area contributed by atoms with E-state index in [1.54, 1.807) is 0 Å². The van der Waals surface area contributed by atoms with E-state index < -0.39 is 11.8 Å². The molecule has 0 aliphatic heterocycles. The van der Waals surface area contributed by atoms with Gasteiger partial charge in [0.2, 0.25) is 0 Å². The molecule has 4 nitrogen and oxygen atoms in total. The fraction of sp³-hybridized carbons (Fsp3) is 0.111. The molecule has 0 fully saturated rings. The number of oxazole rings is 1. The molecule has 0 spiro atoms. The van der Waals surface area contributed by atoms with E-state index in [0.717, 1.165) is 6.07 Å². The van der Waals surface area contributed by atoms with Crippen LogP contribution in [0.15, 0.2) is 16.5 Å². The van der Waals surface area contributed by atoms with Crippen LogP contribution in [-0.4, -0.2) is 18.1 Å². The lowest BCUT2D eigenvalue weighted by atomic mass is 10.2. The first-order chi connectivity index (χ1) is 7.11. The van der Waals surface area contributed by atoms with E-state index in [1.165, 1.54) is 13.2 Å². The Kier molecular flexibility index (Phi) is 2.59. The molecule has 0 bridgehead atoms. The zero-order valence-corrected chi connectivity index (χ0v) is 9.74. The van der Waals surface area contributed by atoms with Crippen LogP contribution in [0.3, 0.4) is 0 Å². The third-order valence-electron chi connectivity index (χ3n) is 1.86. The number of methoxy groups -OCH3 is 1. The number of halogens is 2. The Bertz CT molecular complexity index is 537. The van der Waals surface area contributed by atoms with Crippen LogP contribution in [0, 0.1) is 9.71 Å². The number of fused-ring (bicyclic) bond motifs is 1. The molecular weight excluding hydrogens is 316 g/mol. The van der Waals surface area contributed by atoms with Gasteiger partial charge in [-0.15, -0.1) is 0 Å². The number of nitrogens with zero attached hydrogens (tertiary/aromatic N) is 1. The summed E-state index contributed by atoms with van der Waals surface area (Å²) < 4.78 is 23.3. The number of carbonyl (C=O) groups excluding carboxylic acids is 1. The second-order valence-electron chi connectivity index (χ2n) is 2.76. The van der Waals surface area contributed by atoms with Crippen molar-refractivity contribution >= 4 is 39.7 Å². The van der Waals surface area contributed by atoms with E-state index in [-0.39, 0.29) is 5.56 Å². The Morgan fingerprint density at radius 3 is 3.00 bits per heavy atom. The second-order valence-corrected chi connectivity index (χ2v) is 3.68. The maximum absolute atomic E-state index is 13.4. The third kappa shape index (κ3) is 1.81. The number of hydrogen-bond donors (Lipinski definition) is 0. The van der Waals surface area contributed by atoms with Crippen LogP contribution >= 0.6 is 22.6 Å². The lowest BCUT2D eigenvalue weighted by Gasteiger charge is -1.99. The van der Waals surface area contributed by atoms with Gasteiger partial charge in [-0.3, -0.25) is 0 Å². The molecule has 0 unspecified atom stereocenters. The molecule has 0 aliphatic rings. The highest BCUT2D eigenvalue weighted by Crippen LogP contribution is 2.21. The lowest BCUT2D eigenvalue weighted by molar-refractivity contribution is 0.0595. The van der Waals surface area contributed by atoms with E-state index >= 15 is 0 Å². The molecule has 2 rings (SSSR count). The van der Waals surface area contributed by atoms with Gasteiger partial charge in [-0.1, -0.05) is 0 Å². The van der Waals surface area contributed by atoms with Gasteiger partial charge in [-0.25, -0.2) is 14.2 Å². The number of aromatic nitrogens is 1. The summed E-state index contributed by atoms with van der Waals surface area (Å²) in [4.78, 5) is 15.1. The first-order valence-electron chi connectivity index (χ1n) is 3.95. The molecule has 0 amide bonds. The maximum Gasteiger partial charge on any atom is 0.340 e. The van der Waals surface area contributed by atoms with Gasteiger partial charge >= 0.3 is 5.97 Å². The average molecular weight is 321 g/mol. The summed E-state index contributed by atoms with van der Waals surface area (Å²) in [5, 5.41) is 0. The Hall–Kier alpha value is -1.18. The molecule has 0 atom stereocenters. The summed E-state index contributed by atoms with van der Waals surface area (Å²) in [6, 6.07) is 2.43. The van der Waals surface area contributed by atoms with Crippen molar-refractivity contribution in [2.45, 2.75) is 0 Å². The number of ether oxygens (including phenoxy) is 1. The fourth-order valence-electron chi connectivity index (χ4n) is 1.19. The maximum atomic E-state index is 13.4. The molecule has 0 radical (unpaired) electrons. The Labute approximate surface area is 97.6 Å². The van der Waals surface area contributed by atoms with E-state index in [4.69, 9.17) is 4.42 Å². The van der Waals surface area contributed by atoms with Crippen LogP contribution in [0.25, 0.3) is 11.1 Å². The quantitative estimate of drug-likeness (QED) is 0.598. The summed E-state index contributed by atoms with van der Waals surface area (Å²) in [6.45, 7) is 0. The SMILES string of the molecule is COC(=O)c1cc2nc(I)oc2cc1F. The highest BCUT2D eigenvalue weighted by molar-refractivity contribution is 14.1. The third-order valence-corrected chi connectivity index (χ3v) is 2.32. The summed E-state index contributed by atoms with van der Waals surface area (Å²) in [7, 11) is 1.19. The van der Waals surface area contributed by atoms with Gasteiger partial charge in [0.05, 0.1) is 12.7 Å². The van der Waals surface area contributed by atoms with Crippen molar-refractivity contribution in [2.24, 2.45) is 0 Å². The van der Waals surface area contributed by atoms with Crippen molar-refractivity contribution in [2.75, 3.05) is 7.11 Å². The summed E-state index contributed by atoms with van der Waals surface area (Å²) in [6.07, 6.45) is 0. The first-order valence-corrected chi connectivity index (χ1v) is 5.03. The van der Waals surface area contributed by atoms with E-state index in [2.05, 4.69) is 9.72 Å². The standard InChI is InChI=1S/C9H5FINO3/c1-14-8(13)4-2-6-7(3-5(4)10)15-9(11)12-6/h2-3H,1H3. The Balaban J connectivity index is 2.66. The van der Waals surface area contributed by atoms with Crippen LogP contribution in [0.4, 0.5) is 4.39 Å². The van der Waals surface area contributed by atoms with Gasteiger partial charge in [0.25, 0.3) is 3.90 Å². The Morgan fingerprint density at radius 1 is 1.60 bits per heavy atom. The minimum Gasteiger partial charge on any atom is -0.465 e. The highest BCUT2D eigenvalue weighted by atomic mass is 127. The van der Waals surface area contributed by atoms with E-state index in [9.17, 15) is 9.18 Å². The van der Waals surface area contributed by atoms with Crippen molar-refractivity contribution in [1.82, 2.24) is 4.98 Å². The Morgan fingerprint density at radius 2 is 2.33 bits per heavy atom. The molecule has 78 valence electrons. The molecule has 0 N–H and O–H groups in total. The molecule has 0 saturated heterocycles. The van der Waals surface area contributed by atoms with Crippen molar-refractivity contribution in [3.63, 3.8) is 0 Å². The molecule has 1 aromatic heterocycles. The predicted octanol–water partition coefficient (Wildman–Crippen LogP) is 2.36. The molecule has 15 heavy (non-hydrogen) atoms. The minimum atomic E-state index is -0.729. The van der Waals surface area contributed by atoms with Crippen molar-refractivity contribution in [3.8, 4) is 0 Å². The van der Waals surface area contributed by atoms with E-state index in [0.29, 0.717) is 15.0 Å². The van der Waals surface area contributed by atoms with Crippen molar-refractivity contribution in [1.29, 1.82) is 0 Å². The number of esters is 1. The predicted molar refractivity (Wildman–Crippen MR) is 58.0 cm³/mol. The molecule has 0 aliphatic carbocycles. The highest BCUT2D eigenvalue weighted by Gasteiger charge is 2.15. The topological polar surface area (TPSA) is 52.3 Å². The zero-order chi connectivity index (χ0) is 11.0. The van der Waals surface area contributed by atoms with E-state index in [1.807, 2.05) is 22.6 Å². The summed E-state index contributed by atoms with van der Waals surface area (Å²) in [5.74, 6) is -1.41. The molecule has 1 aromatic carbocycles. The molecule has 2 aromatic rings. The van der Waals surface area contributed by atoms with Crippen LogP contribution in [0.2, 0.25) is 0 Å². The molecular formula is C9H5FINO3. The van der Waals surface area contributed by atoms with Gasteiger partial charge in [0, 0.05) is 28.7 Å². The fourth-order valence-corrected chi connectivity index (χ4v) is 1.68. The molecule has 0 saturated carbocycles. The normalized spacial score (nSPS) is 10.6. The summed E-state index contributed by atoms with van der Waals surface area (Å²) >= 11 is 1.87. The van der Waals surface area contributed by atoms with Crippen LogP contribution in [-0.2, 0) is 4.74 Å². The van der Waals surface area contributed by atoms with Crippen molar-refractivity contribution in [3.05, 3.63) is 27.4 Å². The monoisotopic (exact) mass is 321 g/mol. The number of benzene rings is 1. The summed E-state index contributed by atoms with van der Waals surface area (Å²) in [5.41, 5.74) is 0.598. The second kappa shape index (κ2) is 3.76. The average Bonchev–Trinajstić information content (AvgIpc) is 2.55. The van der Waals surface area contributed by atoms with Gasteiger partial charge in [0.1, 0.15) is 11.3 Å². The largest absolute Gasteiger partial charge is 0.465 e. The molecule has 1 heterocycles. The van der Waals surface area contributed by atoms with Crippen molar-refractivity contribution < 1.29 is 18.3 Å². The number of carbonyl (C=O) groups is 1. The molecule has 6 heteroatoms. The number of rotatable bonds is 1. The number of hydrogen-bond acceptors (Lipinski definition) is 4. The van der Waals surface area contributed by atoms with Gasteiger partial charge in [0.15, 0.2) is 5.58 Å². The van der Waals surface area contributed by atoms with Gasteiger partial charge in [-0.2, -0.15) is 0 Å².